The molecule has 10 heteroatoms. The maximum absolute atomic E-state index is 14.1. The number of amides is 3. The molecule has 0 spiro atoms. The molecular formula is C20H23FN4O5. The minimum Gasteiger partial charge on any atom is -0.463 e. The number of ether oxygens (including phenoxy) is 1. The zero-order chi connectivity index (χ0) is 22.0. The number of rotatable bonds is 7. The quantitative estimate of drug-likeness (QED) is 0.502. The molecule has 0 radical (unpaired) electrons. The van der Waals surface area contributed by atoms with Gasteiger partial charge in [0.2, 0.25) is 0 Å². The lowest BCUT2D eigenvalue weighted by molar-refractivity contribution is -0.147. The Hall–Kier alpha value is -3.14. The molecule has 2 aliphatic rings. The van der Waals surface area contributed by atoms with Crippen LogP contribution in [-0.2, 0) is 14.3 Å². The Morgan fingerprint density at radius 2 is 2.07 bits per heavy atom. The molecule has 1 unspecified atom stereocenters. The molecule has 3 rings (SSSR count). The van der Waals surface area contributed by atoms with Gasteiger partial charge < -0.3 is 10.1 Å². The number of piperidine rings is 1. The minimum absolute atomic E-state index is 0.00909. The topological polar surface area (TPSA) is 120 Å². The van der Waals surface area contributed by atoms with Crippen LogP contribution in [0.4, 0.5) is 4.39 Å². The van der Waals surface area contributed by atoms with Crippen molar-refractivity contribution in [1.29, 1.82) is 5.41 Å². The van der Waals surface area contributed by atoms with Crippen molar-refractivity contribution < 1.29 is 28.3 Å². The molecule has 2 heterocycles. The zero-order valence-corrected chi connectivity index (χ0v) is 16.7. The molecule has 2 atom stereocenters. The van der Waals surface area contributed by atoms with Crippen LogP contribution in [0.5, 0.6) is 0 Å². The van der Waals surface area contributed by atoms with Crippen LogP contribution in [-0.4, -0.2) is 71.1 Å². The van der Waals surface area contributed by atoms with Crippen molar-refractivity contribution in [3.8, 4) is 0 Å². The smallest absolute Gasteiger partial charge is 0.322 e. The number of esters is 1. The fraction of sp³-hybridized carbons (Fsp3) is 0.450. The molecule has 9 nitrogen and oxygen atoms in total. The molecule has 0 aromatic heterocycles. The Kier molecular flexibility index (Phi) is 6.25. The second-order valence-electron chi connectivity index (χ2n) is 7.08. The van der Waals surface area contributed by atoms with E-state index < -0.39 is 41.6 Å². The molecule has 160 valence electrons. The number of halogens is 1. The minimum atomic E-state index is -1.14. The van der Waals surface area contributed by atoms with Crippen LogP contribution in [0.15, 0.2) is 18.2 Å². The molecule has 3 amide bonds. The van der Waals surface area contributed by atoms with Crippen molar-refractivity contribution in [2.75, 3.05) is 19.7 Å². The van der Waals surface area contributed by atoms with E-state index in [0.717, 1.165) is 15.9 Å². The van der Waals surface area contributed by atoms with Crippen molar-refractivity contribution in [3.63, 3.8) is 0 Å². The number of imide groups is 1. The lowest BCUT2D eigenvalue weighted by Gasteiger charge is -2.35. The number of likely N-dealkylation sites (N-methyl/N-ethyl adjacent to an activating group) is 1. The van der Waals surface area contributed by atoms with Gasteiger partial charge in [-0.1, -0.05) is 13.0 Å². The predicted octanol–water partition coefficient (Wildman–Crippen LogP) is 0.931. The highest BCUT2D eigenvalue weighted by atomic mass is 19.1. The molecule has 1 aromatic carbocycles. The lowest BCUT2D eigenvalue weighted by atomic mass is 10.0. The van der Waals surface area contributed by atoms with Gasteiger partial charge >= 0.3 is 5.97 Å². The van der Waals surface area contributed by atoms with Crippen molar-refractivity contribution in [2.45, 2.75) is 38.8 Å². The van der Waals surface area contributed by atoms with Crippen LogP contribution in [0.2, 0.25) is 0 Å². The van der Waals surface area contributed by atoms with Crippen molar-refractivity contribution in [2.24, 2.45) is 0 Å². The van der Waals surface area contributed by atoms with Gasteiger partial charge in [-0.2, -0.15) is 0 Å². The van der Waals surface area contributed by atoms with E-state index in [0.29, 0.717) is 6.54 Å². The van der Waals surface area contributed by atoms with Crippen LogP contribution in [0.25, 0.3) is 0 Å². The van der Waals surface area contributed by atoms with Crippen LogP contribution in [0.3, 0.4) is 0 Å². The van der Waals surface area contributed by atoms with Crippen molar-refractivity contribution in [3.05, 3.63) is 35.1 Å². The number of hydrogen-bond acceptors (Lipinski definition) is 7. The van der Waals surface area contributed by atoms with Gasteiger partial charge in [0.15, 0.2) is 0 Å². The lowest BCUT2D eigenvalue weighted by Crippen LogP contribution is -2.56. The van der Waals surface area contributed by atoms with Crippen LogP contribution in [0, 0.1) is 11.2 Å². The Morgan fingerprint density at radius 3 is 2.73 bits per heavy atom. The van der Waals surface area contributed by atoms with Crippen LogP contribution >= 0.6 is 0 Å². The van der Waals surface area contributed by atoms with E-state index in [1.807, 2.05) is 6.92 Å². The third-order valence-electron chi connectivity index (χ3n) is 5.16. The highest BCUT2D eigenvalue weighted by Crippen LogP contribution is 2.30. The Bertz CT molecular complexity index is 918. The summed E-state index contributed by atoms with van der Waals surface area (Å²) < 4.78 is 19.2. The maximum Gasteiger partial charge on any atom is 0.322 e. The summed E-state index contributed by atoms with van der Waals surface area (Å²) in [6.45, 7) is 3.89. The van der Waals surface area contributed by atoms with Crippen LogP contribution in [0.1, 0.15) is 47.4 Å². The van der Waals surface area contributed by atoms with Gasteiger partial charge in [-0.25, -0.2) is 4.39 Å². The number of amidine groups is 1. The van der Waals surface area contributed by atoms with E-state index in [9.17, 15) is 23.6 Å². The average molecular weight is 418 g/mol. The summed E-state index contributed by atoms with van der Waals surface area (Å²) in [6, 6.07) is 2.11. The van der Waals surface area contributed by atoms with E-state index in [4.69, 9.17) is 10.1 Å². The number of likely N-dealkylation sites (tertiary alicyclic amines) is 1. The van der Waals surface area contributed by atoms with Gasteiger partial charge in [0.1, 0.15) is 30.3 Å². The summed E-state index contributed by atoms with van der Waals surface area (Å²) in [7, 11) is 0. The fourth-order valence-corrected chi connectivity index (χ4v) is 3.63. The van der Waals surface area contributed by atoms with Gasteiger partial charge in [-0.3, -0.25) is 34.4 Å². The number of benzene rings is 1. The van der Waals surface area contributed by atoms with E-state index in [1.165, 1.54) is 12.1 Å². The molecule has 0 bridgehead atoms. The Labute approximate surface area is 172 Å². The van der Waals surface area contributed by atoms with E-state index >= 15 is 0 Å². The molecule has 1 fully saturated rings. The molecule has 0 aliphatic carbocycles. The first kappa shape index (κ1) is 21.6. The van der Waals surface area contributed by atoms with Gasteiger partial charge in [0.25, 0.3) is 17.7 Å². The molecule has 30 heavy (non-hydrogen) atoms. The van der Waals surface area contributed by atoms with Gasteiger partial charge in [0, 0.05) is 6.42 Å². The summed E-state index contributed by atoms with van der Waals surface area (Å²) in [4.78, 5) is 52.0. The first-order valence-corrected chi connectivity index (χ1v) is 9.73. The molecule has 1 saturated heterocycles. The Morgan fingerprint density at radius 1 is 1.33 bits per heavy atom. The molecule has 0 saturated carbocycles. The predicted molar refractivity (Wildman–Crippen MR) is 103 cm³/mol. The Balaban J connectivity index is 1.70. The monoisotopic (exact) mass is 418 g/mol. The van der Waals surface area contributed by atoms with Crippen LogP contribution < -0.4 is 5.32 Å². The second kappa shape index (κ2) is 8.70. The number of carbonyl (C=O) groups excluding carboxylic acids is 4. The normalized spacial score (nSPS) is 19.9. The number of nitrogens with zero attached hydrogens (tertiary/aromatic N) is 2. The molecular weight excluding hydrogens is 395 g/mol. The summed E-state index contributed by atoms with van der Waals surface area (Å²) in [5.41, 5.74) is -0.416. The summed E-state index contributed by atoms with van der Waals surface area (Å²) >= 11 is 0. The van der Waals surface area contributed by atoms with Crippen molar-refractivity contribution >= 4 is 29.5 Å². The molecule has 2 aliphatic heterocycles. The number of hydrogen-bond donors (Lipinski definition) is 2. The van der Waals surface area contributed by atoms with Crippen molar-refractivity contribution in [1.82, 2.24) is 15.1 Å². The largest absolute Gasteiger partial charge is 0.463 e. The zero-order valence-electron chi connectivity index (χ0n) is 16.7. The third-order valence-corrected chi connectivity index (χ3v) is 5.16. The molecule has 2 N–H and O–H groups in total. The SMILES string of the molecule is CCN[C@@H](C)C(=O)OCCN1C(=N)CCC(N2C(=O)c3cccc(F)c3C2=O)C1=O. The maximum atomic E-state index is 14.1. The first-order chi connectivity index (χ1) is 14.3. The molecule has 1 aromatic rings. The third kappa shape index (κ3) is 3.82. The van der Waals surface area contributed by atoms with E-state index in [-0.39, 0.29) is 43.0 Å². The van der Waals surface area contributed by atoms with E-state index in [1.54, 1.807) is 6.92 Å². The standard InChI is InChI=1S/C20H23FN4O5/c1-3-23-11(2)20(29)30-10-9-24-15(22)8-7-14(18(24)27)25-17(26)12-5-4-6-13(21)16(12)19(25)28/h4-6,11,14,22-23H,3,7-10H2,1-2H3/t11-,14?/m0/s1. The second-order valence-corrected chi connectivity index (χ2v) is 7.08. The van der Waals surface area contributed by atoms with Gasteiger partial charge in [-0.15, -0.1) is 0 Å². The summed E-state index contributed by atoms with van der Waals surface area (Å²) in [5.74, 6) is -3.51. The number of fused-ring (bicyclic) bond motifs is 1. The number of carbonyl (C=O) groups is 4. The first-order valence-electron chi connectivity index (χ1n) is 9.73. The summed E-state index contributed by atoms with van der Waals surface area (Å²) in [5, 5.41) is 10.9. The average Bonchev–Trinajstić information content (AvgIpc) is 2.96. The van der Waals surface area contributed by atoms with Gasteiger partial charge in [0.05, 0.1) is 17.7 Å². The highest BCUT2D eigenvalue weighted by molar-refractivity contribution is 6.23. The van der Waals surface area contributed by atoms with E-state index in [2.05, 4.69) is 5.32 Å². The highest BCUT2D eigenvalue weighted by Gasteiger charge is 2.47. The number of nitrogens with one attached hydrogen (secondary N) is 2. The summed E-state index contributed by atoms with van der Waals surface area (Å²) in [6.07, 6.45) is 0.229. The fourth-order valence-electron chi connectivity index (χ4n) is 3.63. The van der Waals surface area contributed by atoms with Gasteiger partial charge in [-0.05, 0) is 32.0 Å².